The third-order valence-corrected chi connectivity index (χ3v) is 4.82. The van der Waals surface area contributed by atoms with E-state index in [2.05, 4.69) is 17.6 Å². The van der Waals surface area contributed by atoms with Crippen LogP contribution in [0.4, 0.5) is 5.69 Å². The molecule has 1 aliphatic rings. The minimum absolute atomic E-state index is 0.00146. The maximum Gasteiger partial charge on any atom is 0.226 e. The number of carbonyl (C=O) groups excluding carboxylic acids is 1. The molecule has 1 amide bonds. The van der Waals surface area contributed by atoms with E-state index in [1.165, 1.54) is 32.1 Å². The number of anilines is 1. The summed E-state index contributed by atoms with van der Waals surface area (Å²) in [5.41, 5.74) is 0.826. The molecular weight excluding hydrogens is 332 g/mol. The first-order valence-corrected chi connectivity index (χ1v) is 9.92. The van der Waals surface area contributed by atoms with Gasteiger partial charge in [-0.2, -0.15) is 0 Å². The lowest BCUT2D eigenvalue weighted by Crippen LogP contribution is -2.34. The lowest BCUT2D eigenvalue weighted by molar-refractivity contribution is -0.120. The van der Waals surface area contributed by atoms with E-state index in [9.17, 15) is 4.79 Å². The van der Waals surface area contributed by atoms with Crippen molar-refractivity contribution in [2.75, 3.05) is 11.9 Å². The molecule has 0 saturated heterocycles. The molecule has 138 valence electrons. The predicted octanol–water partition coefficient (Wildman–Crippen LogP) is 5.04. The number of hydrogen-bond donors (Lipinski definition) is 2. The second-order valence-electron chi connectivity index (χ2n) is 6.77. The maximum atomic E-state index is 12.1. The van der Waals surface area contributed by atoms with Gasteiger partial charge in [0.1, 0.15) is 5.75 Å². The van der Waals surface area contributed by atoms with Gasteiger partial charge in [0.05, 0.1) is 6.61 Å². The van der Waals surface area contributed by atoms with Crippen LogP contribution >= 0.6 is 12.2 Å². The summed E-state index contributed by atoms with van der Waals surface area (Å²) in [6.07, 6.45) is 10.1. The third-order valence-electron chi connectivity index (χ3n) is 4.62. The molecule has 1 saturated carbocycles. The number of amides is 1. The topological polar surface area (TPSA) is 50.4 Å². The fraction of sp³-hybridized carbons (Fsp3) is 0.600. The number of benzene rings is 1. The minimum Gasteiger partial charge on any atom is -0.494 e. The van der Waals surface area contributed by atoms with Gasteiger partial charge in [-0.25, -0.2) is 0 Å². The first-order chi connectivity index (χ1) is 12.2. The van der Waals surface area contributed by atoms with Crippen molar-refractivity contribution in [2.24, 2.45) is 5.92 Å². The van der Waals surface area contributed by atoms with E-state index in [1.807, 2.05) is 24.3 Å². The highest BCUT2D eigenvalue weighted by molar-refractivity contribution is 7.80. The zero-order chi connectivity index (χ0) is 17.9. The highest BCUT2D eigenvalue weighted by atomic mass is 32.1. The summed E-state index contributed by atoms with van der Waals surface area (Å²) in [7, 11) is 0. The number of rotatable bonds is 8. The molecule has 0 bridgehead atoms. The summed E-state index contributed by atoms with van der Waals surface area (Å²) in [5.74, 6) is 1.52. The molecule has 1 aromatic rings. The number of carbonyl (C=O) groups is 1. The summed E-state index contributed by atoms with van der Waals surface area (Å²) in [4.78, 5) is 12.1. The van der Waals surface area contributed by atoms with Crippen molar-refractivity contribution in [3.63, 3.8) is 0 Å². The number of ether oxygens (including phenoxy) is 1. The number of unbranched alkanes of at least 4 members (excludes halogenated alkanes) is 1. The zero-order valence-corrected chi connectivity index (χ0v) is 16.0. The van der Waals surface area contributed by atoms with Crippen LogP contribution in [0.15, 0.2) is 24.3 Å². The number of nitrogens with one attached hydrogen (secondary N) is 2. The Morgan fingerprint density at radius 2 is 2.08 bits per heavy atom. The lowest BCUT2D eigenvalue weighted by atomic mass is 9.86. The molecule has 0 aromatic heterocycles. The smallest absolute Gasteiger partial charge is 0.226 e. The van der Waals surface area contributed by atoms with Crippen molar-refractivity contribution in [1.82, 2.24) is 5.32 Å². The molecule has 1 aliphatic carbocycles. The van der Waals surface area contributed by atoms with E-state index in [4.69, 9.17) is 17.0 Å². The van der Waals surface area contributed by atoms with Crippen molar-refractivity contribution in [3.05, 3.63) is 24.3 Å². The Morgan fingerprint density at radius 3 is 2.84 bits per heavy atom. The van der Waals surface area contributed by atoms with Gasteiger partial charge in [-0.05, 0) is 43.1 Å². The minimum atomic E-state index is -0.00146. The number of thiocarbonyl (C=S) groups is 1. The Morgan fingerprint density at radius 1 is 1.28 bits per heavy atom. The van der Waals surface area contributed by atoms with Crippen LogP contribution in [0.3, 0.4) is 0 Å². The van der Waals surface area contributed by atoms with Gasteiger partial charge in [0.15, 0.2) is 5.11 Å². The molecule has 1 fully saturated rings. The quantitative estimate of drug-likeness (QED) is 0.502. The summed E-state index contributed by atoms with van der Waals surface area (Å²) >= 11 is 5.25. The maximum absolute atomic E-state index is 12.1. The van der Waals surface area contributed by atoms with Gasteiger partial charge in [-0.15, -0.1) is 0 Å². The van der Waals surface area contributed by atoms with Crippen LogP contribution in [0.25, 0.3) is 0 Å². The van der Waals surface area contributed by atoms with Gasteiger partial charge < -0.3 is 15.4 Å². The molecule has 0 unspecified atom stereocenters. The molecule has 4 nitrogen and oxygen atoms in total. The molecule has 0 spiro atoms. The highest BCUT2D eigenvalue weighted by Crippen LogP contribution is 2.27. The van der Waals surface area contributed by atoms with Crippen LogP contribution in [0.2, 0.25) is 0 Å². The van der Waals surface area contributed by atoms with Crippen molar-refractivity contribution in [3.8, 4) is 5.75 Å². The van der Waals surface area contributed by atoms with E-state index in [0.717, 1.165) is 30.7 Å². The van der Waals surface area contributed by atoms with E-state index in [0.29, 0.717) is 24.1 Å². The summed E-state index contributed by atoms with van der Waals surface area (Å²) in [6, 6.07) is 7.65. The lowest BCUT2D eigenvalue weighted by Gasteiger charge is -2.21. The molecule has 0 aliphatic heterocycles. The molecule has 1 aromatic carbocycles. The normalized spacial score (nSPS) is 14.8. The standard InChI is InChI=1S/C20H30N2O2S/c1-2-3-14-24-18-11-7-10-17(15-18)21-20(25)22-19(23)13-12-16-8-5-4-6-9-16/h7,10-11,15-16H,2-6,8-9,12-14H2,1H3,(H2,21,22,23,25). The fourth-order valence-corrected chi connectivity index (χ4v) is 3.39. The monoisotopic (exact) mass is 362 g/mol. The molecule has 2 N–H and O–H groups in total. The Balaban J connectivity index is 1.71. The van der Waals surface area contributed by atoms with Crippen molar-refractivity contribution >= 4 is 28.9 Å². The molecular formula is C20H30N2O2S. The molecule has 2 rings (SSSR count). The zero-order valence-electron chi connectivity index (χ0n) is 15.2. The first-order valence-electron chi connectivity index (χ1n) is 9.51. The van der Waals surface area contributed by atoms with Crippen LogP contribution in [0.5, 0.6) is 5.75 Å². The van der Waals surface area contributed by atoms with Crippen molar-refractivity contribution in [2.45, 2.75) is 64.7 Å². The summed E-state index contributed by atoms with van der Waals surface area (Å²) < 4.78 is 5.68. The van der Waals surface area contributed by atoms with Crippen LogP contribution in [0, 0.1) is 5.92 Å². The second kappa shape index (κ2) is 11.1. The van der Waals surface area contributed by atoms with Gasteiger partial charge in [0.2, 0.25) is 5.91 Å². The van der Waals surface area contributed by atoms with E-state index < -0.39 is 0 Å². The van der Waals surface area contributed by atoms with Gasteiger partial charge >= 0.3 is 0 Å². The average molecular weight is 363 g/mol. The molecule has 0 atom stereocenters. The van der Waals surface area contributed by atoms with E-state index in [-0.39, 0.29) is 5.91 Å². The third kappa shape index (κ3) is 7.86. The van der Waals surface area contributed by atoms with E-state index >= 15 is 0 Å². The van der Waals surface area contributed by atoms with Gasteiger partial charge in [0, 0.05) is 18.2 Å². The summed E-state index contributed by atoms with van der Waals surface area (Å²) in [5, 5.41) is 6.19. The fourth-order valence-electron chi connectivity index (χ4n) is 3.16. The molecule has 25 heavy (non-hydrogen) atoms. The highest BCUT2D eigenvalue weighted by Gasteiger charge is 2.15. The van der Waals surface area contributed by atoms with Gasteiger partial charge in [-0.1, -0.05) is 51.5 Å². The molecule has 5 heteroatoms. The van der Waals surface area contributed by atoms with Gasteiger partial charge in [0.25, 0.3) is 0 Å². The second-order valence-corrected chi connectivity index (χ2v) is 7.18. The predicted molar refractivity (Wildman–Crippen MR) is 107 cm³/mol. The van der Waals surface area contributed by atoms with Crippen molar-refractivity contribution < 1.29 is 9.53 Å². The number of hydrogen-bond acceptors (Lipinski definition) is 3. The summed E-state index contributed by atoms with van der Waals surface area (Å²) in [6.45, 7) is 2.85. The van der Waals surface area contributed by atoms with Crippen molar-refractivity contribution in [1.29, 1.82) is 0 Å². The first kappa shape index (κ1) is 19.7. The molecule has 0 radical (unpaired) electrons. The molecule has 0 heterocycles. The van der Waals surface area contributed by atoms with E-state index in [1.54, 1.807) is 0 Å². The Kier molecular flexibility index (Phi) is 8.73. The SMILES string of the molecule is CCCCOc1cccc(NC(=S)NC(=O)CCC2CCCCC2)c1. The Hall–Kier alpha value is -1.62. The van der Waals surface area contributed by atoms with Crippen LogP contribution in [0.1, 0.15) is 64.7 Å². The van der Waals surface area contributed by atoms with Crippen LogP contribution < -0.4 is 15.4 Å². The van der Waals surface area contributed by atoms with Gasteiger partial charge in [-0.3, -0.25) is 4.79 Å². The van der Waals surface area contributed by atoms with Crippen LogP contribution in [-0.2, 0) is 4.79 Å². The Bertz CT molecular complexity index is 556. The van der Waals surface area contributed by atoms with Crippen LogP contribution in [-0.4, -0.2) is 17.6 Å². The Labute approximate surface area is 156 Å². The largest absolute Gasteiger partial charge is 0.494 e. The average Bonchev–Trinajstić information content (AvgIpc) is 2.61.